The Bertz CT molecular complexity index is 453. The summed E-state index contributed by atoms with van der Waals surface area (Å²) in [6, 6.07) is 8.83. The van der Waals surface area contributed by atoms with Gasteiger partial charge in [-0.15, -0.1) is 0 Å². The van der Waals surface area contributed by atoms with Crippen molar-refractivity contribution in [1.82, 2.24) is 4.98 Å². The highest BCUT2D eigenvalue weighted by molar-refractivity contribution is 6.31. The van der Waals surface area contributed by atoms with Crippen molar-refractivity contribution in [2.45, 2.75) is 6.54 Å². The van der Waals surface area contributed by atoms with Crippen molar-refractivity contribution in [2.75, 3.05) is 5.32 Å². The van der Waals surface area contributed by atoms with E-state index in [1.54, 1.807) is 30.6 Å². The number of phenols is 1. The van der Waals surface area contributed by atoms with Gasteiger partial charge in [0.15, 0.2) is 0 Å². The summed E-state index contributed by atoms with van der Waals surface area (Å²) in [5.41, 5.74) is 1.58. The van der Waals surface area contributed by atoms with Gasteiger partial charge in [-0.1, -0.05) is 17.7 Å². The maximum Gasteiger partial charge on any atom is 0.122 e. The number of phenolic OH excluding ortho intramolecular Hbond substituents is 1. The number of aromatic hydroxyl groups is 1. The van der Waals surface area contributed by atoms with Crippen LogP contribution in [0.5, 0.6) is 5.75 Å². The molecule has 0 aliphatic heterocycles. The number of aromatic nitrogens is 1. The lowest BCUT2D eigenvalue weighted by atomic mass is 10.2. The van der Waals surface area contributed by atoms with Crippen molar-refractivity contribution in [3.8, 4) is 5.75 Å². The molecule has 82 valence electrons. The molecular weight excluding hydrogens is 224 g/mol. The Morgan fingerprint density at radius 3 is 2.81 bits per heavy atom. The minimum atomic E-state index is 0.198. The number of nitrogens with zero attached hydrogens (tertiary/aromatic N) is 1. The summed E-state index contributed by atoms with van der Waals surface area (Å²) in [7, 11) is 0. The molecule has 2 rings (SSSR count). The highest BCUT2D eigenvalue weighted by atomic mass is 35.5. The van der Waals surface area contributed by atoms with E-state index in [1.807, 2.05) is 12.1 Å². The molecule has 0 unspecified atom stereocenters. The van der Waals surface area contributed by atoms with Crippen molar-refractivity contribution in [1.29, 1.82) is 0 Å². The van der Waals surface area contributed by atoms with Crippen LogP contribution in [0.25, 0.3) is 0 Å². The van der Waals surface area contributed by atoms with E-state index in [1.165, 1.54) is 0 Å². The number of benzene rings is 1. The highest BCUT2D eigenvalue weighted by Gasteiger charge is 2.05. The molecule has 0 spiro atoms. The summed E-state index contributed by atoms with van der Waals surface area (Å²) >= 11 is 5.98. The van der Waals surface area contributed by atoms with Crippen molar-refractivity contribution >= 4 is 17.3 Å². The van der Waals surface area contributed by atoms with E-state index in [9.17, 15) is 5.11 Å². The first kappa shape index (κ1) is 10.8. The van der Waals surface area contributed by atoms with Gasteiger partial charge in [0.05, 0.1) is 5.69 Å². The van der Waals surface area contributed by atoms with Gasteiger partial charge in [0.25, 0.3) is 0 Å². The molecule has 4 heteroatoms. The van der Waals surface area contributed by atoms with Crippen LogP contribution >= 0.6 is 11.6 Å². The molecule has 0 aliphatic rings. The lowest BCUT2D eigenvalue weighted by Gasteiger charge is -2.09. The maximum atomic E-state index is 9.63. The fraction of sp³-hybridized carbons (Fsp3) is 0.0833. The molecule has 0 saturated heterocycles. The fourth-order valence-electron chi connectivity index (χ4n) is 1.38. The summed E-state index contributed by atoms with van der Waals surface area (Å²) in [5, 5.41) is 13.3. The van der Waals surface area contributed by atoms with E-state index in [4.69, 9.17) is 11.6 Å². The van der Waals surface area contributed by atoms with Gasteiger partial charge < -0.3 is 10.4 Å². The molecule has 2 aromatic rings. The predicted molar refractivity (Wildman–Crippen MR) is 64.7 cm³/mol. The normalized spacial score (nSPS) is 10.1. The second-order valence-electron chi connectivity index (χ2n) is 3.33. The van der Waals surface area contributed by atoms with Gasteiger partial charge in [-0.25, -0.2) is 0 Å². The third kappa shape index (κ3) is 2.44. The van der Waals surface area contributed by atoms with Crippen molar-refractivity contribution in [2.24, 2.45) is 0 Å². The summed E-state index contributed by atoms with van der Waals surface area (Å²) in [4.78, 5) is 3.98. The van der Waals surface area contributed by atoms with Crippen LogP contribution in [0.1, 0.15) is 5.56 Å². The molecule has 0 atom stereocenters. The molecule has 0 aliphatic carbocycles. The van der Waals surface area contributed by atoms with Crippen molar-refractivity contribution in [3.05, 3.63) is 53.3 Å². The molecule has 0 saturated carbocycles. The average Bonchev–Trinajstić information content (AvgIpc) is 2.30. The maximum absolute atomic E-state index is 9.63. The van der Waals surface area contributed by atoms with Crippen molar-refractivity contribution < 1.29 is 5.11 Å². The highest BCUT2D eigenvalue weighted by Crippen LogP contribution is 2.25. The number of anilines is 1. The van der Waals surface area contributed by atoms with E-state index >= 15 is 0 Å². The minimum Gasteiger partial charge on any atom is -0.508 e. The van der Waals surface area contributed by atoms with Gasteiger partial charge >= 0.3 is 0 Å². The van der Waals surface area contributed by atoms with Crippen molar-refractivity contribution in [3.63, 3.8) is 0 Å². The molecule has 1 aromatic carbocycles. The Kier molecular flexibility index (Phi) is 3.27. The largest absolute Gasteiger partial charge is 0.508 e. The van der Waals surface area contributed by atoms with Crippen LogP contribution in [0.4, 0.5) is 5.69 Å². The van der Waals surface area contributed by atoms with Crippen LogP contribution in [0.15, 0.2) is 42.7 Å². The summed E-state index contributed by atoms with van der Waals surface area (Å²) in [5.74, 6) is 0.198. The summed E-state index contributed by atoms with van der Waals surface area (Å²) in [6.45, 7) is 0.469. The molecule has 0 amide bonds. The van der Waals surface area contributed by atoms with Crippen LogP contribution in [0, 0.1) is 0 Å². The molecule has 1 aromatic heterocycles. The van der Waals surface area contributed by atoms with E-state index in [0.717, 1.165) is 5.69 Å². The van der Waals surface area contributed by atoms with E-state index in [0.29, 0.717) is 17.1 Å². The van der Waals surface area contributed by atoms with Gasteiger partial charge in [-0.3, -0.25) is 4.98 Å². The van der Waals surface area contributed by atoms with Gasteiger partial charge in [0, 0.05) is 29.5 Å². The predicted octanol–water partition coefficient (Wildman–Crippen LogP) is 3.05. The quantitative estimate of drug-likeness (QED) is 0.858. The second kappa shape index (κ2) is 4.86. The summed E-state index contributed by atoms with van der Waals surface area (Å²) < 4.78 is 0. The third-order valence-electron chi connectivity index (χ3n) is 2.22. The van der Waals surface area contributed by atoms with Gasteiger partial charge in [-0.2, -0.15) is 0 Å². The topological polar surface area (TPSA) is 45.1 Å². The van der Waals surface area contributed by atoms with E-state index < -0.39 is 0 Å². The molecule has 0 fully saturated rings. The first-order valence-electron chi connectivity index (χ1n) is 4.87. The Morgan fingerprint density at radius 2 is 2.12 bits per heavy atom. The molecule has 16 heavy (non-hydrogen) atoms. The zero-order valence-electron chi connectivity index (χ0n) is 8.52. The standard InChI is InChI=1S/C12H11ClN2O/c13-11-4-1-5-12(16)10(11)8-15-9-3-2-6-14-7-9/h1-7,15-16H,8H2. The number of rotatable bonds is 3. The van der Waals surface area contributed by atoms with Crippen LogP contribution in [0.3, 0.4) is 0 Å². The monoisotopic (exact) mass is 234 g/mol. The molecular formula is C12H11ClN2O. The molecule has 1 heterocycles. The van der Waals surface area contributed by atoms with E-state index in [-0.39, 0.29) is 5.75 Å². The molecule has 2 N–H and O–H groups in total. The zero-order valence-corrected chi connectivity index (χ0v) is 9.28. The summed E-state index contributed by atoms with van der Waals surface area (Å²) in [6.07, 6.45) is 3.42. The fourth-order valence-corrected chi connectivity index (χ4v) is 1.62. The Morgan fingerprint density at radius 1 is 1.25 bits per heavy atom. The Labute approximate surface area is 98.7 Å². The number of nitrogens with one attached hydrogen (secondary N) is 1. The lowest BCUT2D eigenvalue weighted by molar-refractivity contribution is 0.469. The number of hydrogen-bond acceptors (Lipinski definition) is 3. The van der Waals surface area contributed by atoms with Gasteiger partial charge in [0.2, 0.25) is 0 Å². The third-order valence-corrected chi connectivity index (χ3v) is 2.58. The number of hydrogen-bond donors (Lipinski definition) is 2. The second-order valence-corrected chi connectivity index (χ2v) is 3.74. The first-order chi connectivity index (χ1) is 7.77. The van der Waals surface area contributed by atoms with Crippen LogP contribution in [0.2, 0.25) is 5.02 Å². The van der Waals surface area contributed by atoms with Gasteiger partial charge in [-0.05, 0) is 24.3 Å². The molecule has 0 radical (unpaired) electrons. The first-order valence-corrected chi connectivity index (χ1v) is 5.25. The van der Waals surface area contributed by atoms with Crippen LogP contribution in [-0.4, -0.2) is 10.1 Å². The lowest BCUT2D eigenvalue weighted by Crippen LogP contribution is -2.00. The number of pyridine rings is 1. The SMILES string of the molecule is Oc1cccc(Cl)c1CNc1cccnc1. The van der Waals surface area contributed by atoms with Gasteiger partial charge in [0.1, 0.15) is 5.75 Å². The molecule has 3 nitrogen and oxygen atoms in total. The number of halogens is 1. The average molecular weight is 235 g/mol. The van der Waals surface area contributed by atoms with E-state index in [2.05, 4.69) is 10.3 Å². The van der Waals surface area contributed by atoms with Crippen LogP contribution < -0.4 is 5.32 Å². The Hall–Kier alpha value is -1.74. The van der Waals surface area contributed by atoms with Crippen LogP contribution in [-0.2, 0) is 6.54 Å². The Balaban J connectivity index is 2.11. The molecule has 0 bridgehead atoms. The smallest absolute Gasteiger partial charge is 0.122 e. The zero-order chi connectivity index (χ0) is 11.4. The minimum absolute atomic E-state index is 0.198.